The summed E-state index contributed by atoms with van der Waals surface area (Å²) in [7, 11) is -2.23. The summed E-state index contributed by atoms with van der Waals surface area (Å²) in [6.07, 6.45) is 1.63. The standard InChI is InChI=1S/C17H26N2O5S/c1-4-5-13(2)18-25(21,22)14-6-7-16(23-3)15(12-14)17(20)19-8-10-24-11-9-19/h6-7,12-13,18H,4-5,8-11H2,1-3H3/t13-/m0/s1. The summed E-state index contributed by atoms with van der Waals surface area (Å²) in [6.45, 7) is 5.72. The molecule has 1 aromatic carbocycles. The molecule has 0 bridgehead atoms. The van der Waals surface area contributed by atoms with Crippen molar-refractivity contribution in [3.8, 4) is 5.75 Å². The van der Waals surface area contributed by atoms with Crippen molar-refractivity contribution in [3.05, 3.63) is 23.8 Å². The molecule has 0 aromatic heterocycles. The van der Waals surface area contributed by atoms with E-state index in [-0.39, 0.29) is 22.4 Å². The highest BCUT2D eigenvalue weighted by molar-refractivity contribution is 7.89. The lowest BCUT2D eigenvalue weighted by Gasteiger charge is -2.27. The average Bonchev–Trinajstić information content (AvgIpc) is 2.61. The maximum Gasteiger partial charge on any atom is 0.257 e. The van der Waals surface area contributed by atoms with Gasteiger partial charge in [-0.15, -0.1) is 0 Å². The number of nitrogens with zero attached hydrogens (tertiary/aromatic N) is 1. The molecule has 7 nitrogen and oxygen atoms in total. The number of hydrogen-bond acceptors (Lipinski definition) is 5. The van der Waals surface area contributed by atoms with Crippen molar-refractivity contribution in [1.29, 1.82) is 0 Å². The third-order valence-corrected chi connectivity index (χ3v) is 5.68. The smallest absolute Gasteiger partial charge is 0.257 e. The van der Waals surface area contributed by atoms with Crippen LogP contribution in [0.2, 0.25) is 0 Å². The summed E-state index contributed by atoms with van der Waals surface area (Å²) in [6, 6.07) is 4.19. The molecule has 8 heteroatoms. The molecule has 1 atom stereocenters. The molecule has 0 saturated carbocycles. The fraction of sp³-hybridized carbons (Fsp3) is 0.588. The quantitative estimate of drug-likeness (QED) is 0.789. The van der Waals surface area contributed by atoms with E-state index in [4.69, 9.17) is 9.47 Å². The highest BCUT2D eigenvalue weighted by Gasteiger charge is 2.25. The molecule has 1 amide bonds. The van der Waals surface area contributed by atoms with Gasteiger partial charge in [0.2, 0.25) is 10.0 Å². The molecule has 2 rings (SSSR count). The third-order valence-electron chi connectivity index (χ3n) is 4.09. The molecular weight excluding hydrogens is 344 g/mol. The fourth-order valence-corrected chi connectivity index (χ4v) is 4.09. The minimum absolute atomic E-state index is 0.0628. The zero-order chi connectivity index (χ0) is 18.4. The second-order valence-corrected chi connectivity index (χ2v) is 7.79. The van der Waals surface area contributed by atoms with E-state index in [0.717, 1.165) is 12.8 Å². The van der Waals surface area contributed by atoms with Crippen LogP contribution in [0.15, 0.2) is 23.1 Å². The molecule has 25 heavy (non-hydrogen) atoms. The molecule has 0 spiro atoms. The topological polar surface area (TPSA) is 84.9 Å². The first-order valence-corrected chi connectivity index (χ1v) is 9.94. The van der Waals surface area contributed by atoms with Crippen LogP contribution in [0.1, 0.15) is 37.0 Å². The normalized spacial score (nSPS) is 16.5. The van der Waals surface area contributed by atoms with Gasteiger partial charge >= 0.3 is 0 Å². The SMILES string of the molecule is CCC[C@H](C)NS(=O)(=O)c1ccc(OC)c(C(=O)N2CCOCC2)c1. The number of carbonyl (C=O) groups is 1. The first-order valence-electron chi connectivity index (χ1n) is 8.46. The molecular formula is C17H26N2O5S. The Balaban J connectivity index is 2.31. The van der Waals surface area contributed by atoms with Crippen LogP contribution in [0.3, 0.4) is 0 Å². The summed E-state index contributed by atoms with van der Waals surface area (Å²) < 4.78 is 38.3. The molecule has 1 aromatic rings. The van der Waals surface area contributed by atoms with Gasteiger partial charge in [0.25, 0.3) is 5.91 Å². The average molecular weight is 370 g/mol. The molecule has 1 N–H and O–H groups in total. The summed E-state index contributed by atoms with van der Waals surface area (Å²) >= 11 is 0. The summed E-state index contributed by atoms with van der Waals surface area (Å²) in [5, 5.41) is 0. The van der Waals surface area contributed by atoms with Crippen molar-refractivity contribution in [2.45, 2.75) is 37.6 Å². The van der Waals surface area contributed by atoms with Gasteiger partial charge in [-0.25, -0.2) is 13.1 Å². The number of rotatable bonds is 7. The van der Waals surface area contributed by atoms with Gasteiger partial charge in [0.1, 0.15) is 5.75 Å². The highest BCUT2D eigenvalue weighted by Crippen LogP contribution is 2.24. The van der Waals surface area contributed by atoms with Crippen molar-refractivity contribution in [2.24, 2.45) is 0 Å². The Morgan fingerprint density at radius 3 is 2.64 bits per heavy atom. The fourth-order valence-electron chi connectivity index (χ4n) is 2.78. The first kappa shape index (κ1) is 19.7. The number of carbonyl (C=O) groups excluding carboxylic acids is 1. The van der Waals surface area contributed by atoms with Crippen LogP contribution in [0.25, 0.3) is 0 Å². The van der Waals surface area contributed by atoms with Crippen molar-refractivity contribution >= 4 is 15.9 Å². The van der Waals surface area contributed by atoms with Gasteiger partial charge in [-0.05, 0) is 31.5 Å². The first-order chi connectivity index (χ1) is 11.9. The Morgan fingerprint density at radius 1 is 1.36 bits per heavy atom. The van der Waals surface area contributed by atoms with Gasteiger partial charge < -0.3 is 14.4 Å². The minimum Gasteiger partial charge on any atom is -0.496 e. The lowest BCUT2D eigenvalue weighted by molar-refractivity contribution is 0.0300. The number of nitrogens with one attached hydrogen (secondary N) is 1. The number of hydrogen-bond donors (Lipinski definition) is 1. The van der Waals surface area contributed by atoms with Gasteiger partial charge in [-0.1, -0.05) is 13.3 Å². The molecule has 0 radical (unpaired) electrons. The lowest BCUT2D eigenvalue weighted by atomic mass is 10.1. The van der Waals surface area contributed by atoms with Gasteiger partial charge in [-0.3, -0.25) is 4.79 Å². The van der Waals surface area contributed by atoms with Crippen LogP contribution in [0, 0.1) is 0 Å². The van der Waals surface area contributed by atoms with E-state index in [2.05, 4.69) is 4.72 Å². The molecule has 1 aliphatic heterocycles. The van der Waals surface area contributed by atoms with Crippen LogP contribution < -0.4 is 9.46 Å². The second-order valence-electron chi connectivity index (χ2n) is 6.08. The Morgan fingerprint density at radius 2 is 2.04 bits per heavy atom. The van der Waals surface area contributed by atoms with Crippen molar-refractivity contribution in [2.75, 3.05) is 33.4 Å². The predicted molar refractivity (Wildman–Crippen MR) is 94.4 cm³/mol. The van der Waals surface area contributed by atoms with E-state index < -0.39 is 10.0 Å². The van der Waals surface area contributed by atoms with Gasteiger partial charge in [0, 0.05) is 19.1 Å². The van der Waals surface area contributed by atoms with Crippen molar-refractivity contribution in [1.82, 2.24) is 9.62 Å². The number of amides is 1. The molecule has 1 saturated heterocycles. The molecule has 0 unspecified atom stereocenters. The van der Waals surface area contributed by atoms with E-state index in [9.17, 15) is 13.2 Å². The number of morpholine rings is 1. The van der Waals surface area contributed by atoms with Gasteiger partial charge in [0.05, 0.1) is 30.8 Å². The van der Waals surface area contributed by atoms with Crippen molar-refractivity contribution in [3.63, 3.8) is 0 Å². The van der Waals surface area contributed by atoms with Crippen LogP contribution in [0.5, 0.6) is 5.75 Å². The van der Waals surface area contributed by atoms with Crippen LogP contribution in [-0.4, -0.2) is 58.7 Å². The Kier molecular flexibility index (Phi) is 6.80. The monoisotopic (exact) mass is 370 g/mol. The van der Waals surface area contributed by atoms with Gasteiger partial charge in [-0.2, -0.15) is 0 Å². The van der Waals surface area contributed by atoms with Crippen LogP contribution in [-0.2, 0) is 14.8 Å². The Labute approximate surface area is 149 Å². The minimum atomic E-state index is -3.69. The summed E-state index contributed by atoms with van der Waals surface area (Å²) in [5.41, 5.74) is 0.246. The molecule has 140 valence electrons. The molecule has 1 aliphatic rings. The molecule has 1 heterocycles. The number of methoxy groups -OCH3 is 1. The van der Waals surface area contributed by atoms with Crippen LogP contribution >= 0.6 is 0 Å². The molecule has 1 fully saturated rings. The van der Waals surface area contributed by atoms with E-state index in [1.54, 1.807) is 4.90 Å². The maximum atomic E-state index is 12.8. The van der Waals surface area contributed by atoms with Crippen LogP contribution in [0.4, 0.5) is 0 Å². The van der Waals surface area contributed by atoms with E-state index in [1.165, 1.54) is 25.3 Å². The third kappa shape index (κ3) is 4.93. The zero-order valence-electron chi connectivity index (χ0n) is 14.9. The highest BCUT2D eigenvalue weighted by atomic mass is 32.2. The van der Waals surface area contributed by atoms with Crippen molar-refractivity contribution < 1.29 is 22.7 Å². The zero-order valence-corrected chi connectivity index (χ0v) is 15.8. The maximum absolute atomic E-state index is 12.8. The van der Waals surface area contributed by atoms with E-state index in [1.807, 2.05) is 13.8 Å². The summed E-state index contributed by atoms with van der Waals surface area (Å²) in [5.74, 6) is 0.107. The number of sulfonamides is 1. The second kappa shape index (κ2) is 8.64. The summed E-state index contributed by atoms with van der Waals surface area (Å²) in [4.78, 5) is 14.5. The molecule has 0 aliphatic carbocycles. The van der Waals surface area contributed by atoms with E-state index in [0.29, 0.717) is 32.1 Å². The predicted octanol–water partition coefficient (Wildman–Crippen LogP) is 1.63. The number of ether oxygens (including phenoxy) is 2. The van der Waals surface area contributed by atoms with E-state index >= 15 is 0 Å². The van der Waals surface area contributed by atoms with Gasteiger partial charge in [0.15, 0.2) is 0 Å². The Bertz CT molecular complexity index is 699. The lowest BCUT2D eigenvalue weighted by Crippen LogP contribution is -2.41. The Hall–Kier alpha value is -1.64. The largest absolute Gasteiger partial charge is 0.496 e. The number of benzene rings is 1.